The number of aliphatic hydroxyl groups is 1. The summed E-state index contributed by atoms with van der Waals surface area (Å²) >= 11 is 0. The second-order valence-corrected chi connectivity index (χ2v) is 12.1. The summed E-state index contributed by atoms with van der Waals surface area (Å²) in [7, 11) is 0. The van der Waals surface area contributed by atoms with Crippen LogP contribution < -0.4 is 10.6 Å². The molecule has 0 aliphatic carbocycles. The maximum absolute atomic E-state index is 12.4. The van der Waals surface area contributed by atoms with Crippen LogP contribution in [0, 0.1) is 10.8 Å². The number of ether oxygens (including phenoxy) is 4. The van der Waals surface area contributed by atoms with E-state index in [0.717, 1.165) is 18.4 Å². The quantitative estimate of drug-likeness (QED) is 0.0941. The number of hydrogen-bond acceptors (Lipinski definition) is 10. The van der Waals surface area contributed by atoms with Gasteiger partial charge in [0.2, 0.25) is 11.8 Å². The lowest BCUT2D eigenvalue weighted by Gasteiger charge is -2.41. The first-order valence-electron chi connectivity index (χ1n) is 15.1. The lowest BCUT2D eigenvalue weighted by Crippen LogP contribution is -2.56. The van der Waals surface area contributed by atoms with Crippen LogP contribution in [0.3, 0.4) is 0 Å². The molecule has 0 aromatic carbocycles. The second kappa shape index (κ2) is 15.2. The van der Waals surface area contributed by atoms with Gasteiger partial charge in [-0.2, -0.15) is 4.91 Å². The highest BCUT2D eigenvalue weighted by molar-refractivity contribution is 5.87. The zero-order valence-corrected chi connectivity index (χ0v) is 26.0. The van der Waals surface area contributed by atoms with Crippen LogP contribution >= 0.6 is 0 Å². The summed E-state index contributed by atoms with van der Waals surface area (Å²) in [4.78, 5) is 47.5. The van der Waals surface area contributed by atoms with Crippen LogP contribution in [0.25, 0.3) is 0 Å². The predicted molar refractivity (Wildman–Crippen MR) is 159 cm³/mol. The van der Waals surface area contributed by atoms with Gasteiger partial charge in [0, 0.05) is 26.0 Å². The van der Waals surface area contributed by atoms with Gasteiger partial charge in [0.05, 0.1) is 31.3 Å². The van der Waals surface area contributed by atoms with Crippen molar-refractivity contribution in [3.63, 3.8) is 0 Å². The van der Waals surface area contributed by atoms with E-state index in [9.17, 15) is 24.4 Å². The van der Waals surface area contributed by atoms with Crippen molar-refractivity contribution in [1.82, 2.24) is 10.6 Å². The Morgan fingerprint density at radius 2 is 1.93 bits per heavy atom. The van der Waals surface area contributed by atoms with Crippen molar-refractivity contribution in [1.29, 1.82) is 0 Å². The van der Waals surface area contributed by atoms with Gasteiger partial charge in [-0.15, -0.1) is 0 Å². The number of nitrogens with zero attached hydrogens (tertiary/aromatic N) is 1. The Labute approximate surface area is 253 Å². The first kappa shape index (κ1) is 34.6. The number of nitroso groups, excluding NO2 is 1. The third-order valence-electron chi connectivity index (χ3n) is 8.05. The minimum absolute atomic E-state index is 0.00462. The van der Waals surface area contributed by atoms with Crippen LogP contribution in [0.2, 0.25) is 0 Å². The van der Waals surface area contributed by atoms with Crippen molar-refractivity contribution >= 4 is 17.8 Å². The van der Waals surface area contributed by atoms with Crippen LogP contribution in [-0.2, 0) is 33.3 Å². The molecule has 3 fully saturated rings. The molecule has 12 nitrogen and oxygen atoms in total. The molecule has 3 saturated heterocycles. The summed E-state index contributed by atoms with van der Waals surface area (Å²) in [6.07, 6.45) is 8.69. The minimum Gasteiger partial charge on any atom is -0.459 e. The summed E-state index contributed by atoms with van der Waals surface area (Å²) in [6.45, 7) is 11.6. The molecule has 3 aliphatic heterocycles. The Kier molecular flexibility index (Phi) is 12.2. The Hall–Kier alpha value is -2.93. The van der Waals surface area contributed by atoms with E-state index in [1.165, 1.54) is 19.1 Å². The Morgan fingerprint density at radius 3 is 2.56 bits per heavy atom. The van der Waals surface area contributed by atoms with Crippen molar-refractivity contribution < 1.29 is 38.4 Å². The molecular formula is C31H47N3O9. The van der Waals surface area contributed by atoms with E-state index < -0.39 is 35.6 Å². The molecule has 240 valence electrons. The largest absolute Gasteiger partial charge is 0.459 e. The van der Waals surface area contributed by atoms with E-state index in [-0.39, 0.29) is 55.4 Å². The summed E-state index contributed by atoms with van der Waals surface area (Å²) in [5, 5.41) is 20.1. The zero-order chi connectivity index (χ0) is 31.8. The van der Waals surface area contributed by atoms with Crippen molar-refractivity contribution in [3.05, 3.63) is 40.9 Å². The van der Waals surface area contributed by atoms with Gasteiger partial charge in [-0.05, 0) is 52.0 Å². The molecule has 0 saturated carbocycles. The predicted octanol–water partition coefficient (Wildman–Crippen LogP) is 2.98. The van der Waals surface area contributed by atoms with Gasteiger partial charge in [-0.1, -0.05) is 42.8 Å². The Bertz CT molecular complexity index is 1100. The average molecular weight is 606 g/mol. The van der Waals surface area contributed by atoms with E-state index >= 15 is 0 Å². The summed E-state index contributed by atoms with van der Waals surface area (Å²) in [5.74, 6) is -2.62. The number of amides is 2. The summed E-state index contributed by atoms with van der Waals surface area (Å²) in [6, 6.07) is -1.00. The molecule has 43 heavy (non-hydrogen) atoms. The molecule has 3 rings (SSSR count). The Morgan fingerprint density at radius 1 is 1.21 bits per heavy atom. The van der Waals surface area contributed by atoms with Gasteiger partial charge >= 0.3 is 5.97 Å². The smallest absolute Gasteiger partial charge is 0.303 e. The maximum Gasteiger partial charge on any atom is 0.303 e. The van der Waals surface area contributed by atoms with Crippen LogP contribution in [0.1, 0.15) is 73.6 Å². The van der Waals surface area contributed by atoms with Crippen LogP contribution in [0.15, 0.2) is 41.1 Å². The molecule has 0 aromatic heterocycles. The average Bonchev–Trinajstić information content (AvgIpc) is 3.68. The first-order chi connectivity index (χ1) is 20.3. The van der Waals surface area contributed by atoms with Crippen LogP contribution in [0.4, 0.5) is 0 Å². The van der Waals surface area contributed by atoms with E-state index in [1.807, 2.05) is 32.9 Å². The molecule has 2 amide bonds. The standard InChI is InChI=1S/C31H47N3O9/c1-7-14-32-28(37)16-31(38)17-30(18-40-30)29(34-39)26(43-31)12-9-19(2)8-11-25-20(3)15-24(22(5)42-25)33-27(36)13-10-21(4)41-23(6)35/h8-10,12-13,20-22,24-26,29,38H,7,11,14-18H2,1-6H3,(H,32,37)(H,33,36)/b12-9+,13-10-,19-8+/t20-,21-,22+,24+,25-,26+,29+,30+,31+/m0/s1. The topological polar surface area (TPSA) is 165 Å². The SMILES string of the molecule is CCCNC(=O)C[C@]1(O)C[C@@]2(CO2)[C@H](N=O)[C@@H](/C=C/C(C)=C/C[C@@H]2O[C@H](C)[C@H](NC(=O)/C=C\[C@H](C)OC(C)=O)C[C@@H]2C)O1. The monoisotopic (exact) mass is 605 g/mol. The van der Waals surface area contributed by atoms with E-state index in [4.69, 9.17) is 18.9 Å². The molecule has 12 heteroatoms. The lowest BCUT2D eigenvalue weighted by molar-refractivity contribution is -0.261. The molecule has 3 aliphatic rings. The van der Waals surface area contributed by atoms with Crippen LogP contribution in [0.5, 0.6) is 0 Å². The molecule has 0 aromatic rings. The van der Waals surface area contributed by atoms with Crippen molar-refractivity contribution in [2.24, 2.45) is 11.1 Å². The maximum atomic E-state index is 12.4. The molecule has 0 unspecified atom stereocenters. The molecule has 0 bridgehead atoms. The number of rotatable bonds is 13. The number of carbonyl (C=O) groups is 3. The van der Waals surface area contributed by atoms with Gasteiger partial charge < -0.3 is 34.7 Å². The summed E-state index contributed by atoms with van der Waals surface area (Å²) in [5.41, 5.74) is -0.0317. The number of epoxide rings is 1. The number of nitrogens with one attached hydrogen (secondary N) is 2. The molecule has 3 N–H and O–H groups in total. The van der Waals surface area contributed by atoms with Gasteiger partial charge in [0.25, 0.3) is 0 Å². The highest BCUT2D eigenvalue weighted by Gasteiger charge is 2.64. The fourth-order valence-electron chi connectivity index (χ4n) is 5.66. The van der Waals surface area contributed by atoms with Gasteiger partial charge in [-0.3, -0.25) is 14.4 Å². The van der Waals surface area contributed by atoms with Crippen molar-refractivity contribution in [2.45, 2.75) is 122 Å². The van der Waals surface area contributed by atoms with Gasteiger partial charge in [0.15, 0.2) is 11.8 Å². The summed E-state index contributed by atoms with van der Waals surface area (Å²) < 4.78 is 22.7. The zero-order valence-electron chi connectivity index (χ0n) is 26.0. The first-order valence-corrected chi connectivity index (χ1v) is 15.1. The fourth-order valence-corrected chi connectivity index (χ4v) is 5.66. The molecule has 3 heterocycles. The highest BCUT2D eigenvalue weighted by atomic mass is 16.7. The number of allylic oxidation sites excluding steroid dienone is 2. The van der Waals surface area contributed by atoms with E-state index in [1.54, 1.807) is 13.0 Å². The second-order valence-electron chi connectivity index (χ2n) is 12.1. The Balaban J connectivity index is 1.56. The molecule has 9 atom stereocenters. The molecule has 1 spiro atoms. The van der Waals surface area contributed by atoms with Crippen molar-refractivity contribution in [2.75, 3.05) is 13.2 Å². The normalized spacial score (nSPS) is 35.1. The highest BCUT2D eigenvalue weighted by Crippen LogP contribution is 2.48. The lowest BCUT2D eigenvalue weighted by atomic mass is 9.84. The van der Waals surface area contributed by atoms with Crippen LogP contribution in [-0.4, -0.2) is 83.9 Å². The van der Waals surface area contributed by atoms with E-state index in [2.05, 4.69) is 22.7 Å². The molecular weight excluding hydrogens is 558 g/mol. The number of esters is 1. The molecule has 0 radical (unpaired) electrons. The minimum atomic E-state index is -1.77. The van der Waals surface area contributed by atoms with Crippen molar-refractivity contribution in [3.8, 4) is 0 Å². The third-order valence-corrected chi connectivity index (χ3v) is 8.05. The number of hydrogen-bond donors (Lipinski definition) is 3. The van der Waals surface area contributed by atoms with Gasteiger partial charge in [-0.25, -0.2) is 0 Å². The number of carbonyl (C=O) groups excluding carboxylic acids is 3. The fraction of sp³-hybridized carbons (Fsp3) is 0.710. The van der Waals surface area contributed by atoms with Gasteiger partial charge in [0.1, 0.15) is 17.8 Å². The van der Waals surface area contributed by atoms with E-state index in [0.29, 0.717) is 13.0 Å². The third kappa shape index (κ3) is 10.1.